The summed E-state index contributed by atoms with van der Waals surface area (Å²) in [5.41, 5.74) is 4.80. The lowest BCUT2D eigenvalue weighted by Crippen LogP contribution is -2.59. The molecule has 1 saturated carbocycles. The summed E-state index contributed by atoms with van der Waals surface area (Å²) in [6, 6.07) is 0. The molecule has 1 aliphatic carbocycles. The number of amidine groups is 1. The molecule has 0 aliphatic heterocycles. The number of hydrogen-bond donors (Lipinski definition) is 3. The Balaban J connectivity index is 2.93. The quantitative estimate of drug-likeness (QED) is 0.302. The minimum Gasteiger partial charge on any atom is -0.409 e. The van der Waals surface area contributed by atoms with Gasteiger partial charge < -0.3 is 10.9 Å². The van der Waals surface area contributed by atoms with E-state index in [9.17, 15) is 8.42 Å². The zero-order valence-electron chi connectivity index (χ0n) is 11.0. The molecule has 0 aromatic rings. The monoisotopic (exact) mass is 277 g/mol. The van der Waals surface area contributed by atoms with Crippen LogP contribution in [0.25, 0.3) is 0 Å². The second-order valence-corrected chi connectivity index (χ2v) is 6.94. The Morgan fingerprint density at radius 3 is 2.39 bits per heavy atom. The topological polar surface area (TPSA) is 105 Å². The lowest BCUT2D eigenvalue weighted by Gasteiger charge is -2.39. The Morgan fingerprint density at radius 1 is 1.44 bits per heavy atom. The van der Waals surface area contributed by atoms with Crippen LogP contribution >= 0.6 is 0 Å². The first-order valence-corrected chi connectivity index (χ1v) is 8.04. The maximum Gasteiger partial charge on any atom is 0.212 e. The second kappa shape index (κ2) is 5.88. The third-order valence-electron chi connectivity index (χ3n) is 3.87. The van der Waals surface area contributed by atoms with Crippen molar-refractivity contribution in [2.45, 2.75) is 51.5 Å². The Kier molecular flexibility index (Phi) is 4.98. The fraction of sp³-hybridized carbons (Fsp3) is 0.909. The molecular formula is C11H23N3O3S. The smallest absolute Gasteiger partial charge is 0.212 e. The molecule has 18 heavy (non-hydrogen) atoms. The maximum absolute atomic E-state index is 11.7. The highest BCUT2D eigenvalue weighted by Gasteiger charge is 2.41. The van der Waals surface area contributed by atoms with E-state index in [2.05, 4.69) is 16.8 Å². The van der Waals surface area contributed by atoms with Crippen LogP contribution in [0.3, 0.4) is 0 Å². The van der Waals surface area contributed by atoms with Crippen LogP contribution in [0.5, 0.6) is 0 Å². The maximum atomic E-state index is 11.7. The van der Waals surface area contributed by atoms with Crippen LogP contribution < -0.4 is 10.5 Å². The van der Waals surface area contributed by atoms with Gasteiger partial charge in [0.15, 0.2) is 5.84 Å². The first kappa shape index (κ1) is 15.2. The van der Waals surface area contributed by atoms with E-state index in [1.165, 1.54) is 0 Å². The van der Waals surface area contributed by atoms with E-state index >= 15 is 0 Å². The minimum absolute atomic E-state index is 0.00926. The standard InChI is InChI=1S/C11H23N3O3S/c1-3-9-5-7-11(8-6-9,10(12)13-15)14-18(16,17)4-2/h9,14-15H,3-8H2,1-2H3,(H2,12,13). The van der Waals surface area contributed by atoms with Crippen molar-refractivity contribution in [1.29, 1.82) is 0 Å². The van der Waals surface area contributed by atoms with Crippen molar-refractivity contribution in [3.05, 3.63) is 0 Å². The van der Waals surface area contributed by atoms with E-state index in [0.29, 0.717) is 18.8 Å². The third kappa shape index (κ3) is 3.35. The van der Waals surface area contributed by atoms with Crippen LogP contribution in [0.2, 0.25) is 0 Å². The number of nitrogens with one attached hydrogen (secondary N) is 1. The number of nitrogens with two attached hydrogens (primary N) is 1. The summed E-state index contributed by atoms with van der Waals surface area (Å²) in [4.78, 5) is 0. The van der Waals surface area contributed by atoms with Crippen LogP contribution in [0, 0.1) is 5.92 Å². The molecule has 1 aliphatic rings. The molecule has 6 nitrogen and oxygen atoms in total. The predicted octanol–water partition coefficient (Wildman–Crippen LogP) is 1.01. The van der Waals surface area contributed by atoms with Gasteiger partial charge in [-0.1, -0.05) is 18.5 Å². The molecule has 0 spiro atoms. The first-order valence-electron chi connectivity index (χ1n) is 6.38. The second-order valence-electron chi connectivity index (χ2n) is 4.92. The van der Waals surface area contributed by atoms with Crippen molar-refractivity contribution < 1.29 is 13.6 Å². The molecule has 0 atom stereocenters. The van der Waals surface area contributed by atoms with Crippen molar-refractivity contribution in [1.82, 2.24) is 4.72 Å². The molecular weight excluding hydrogens is 254 g/mol. The Hall–Kier alpha value is -0.820. The Bertz CT molecular complexity index is 398. The highest BCUT2D eigenvalue weighted by atomic mass is 32.2. The average Bonchev–Trinajstić information content (AvgIpc) is 2.38. The summed E-state index contributed by atoms with van der Waals surface area (Å²) in [5.74, 6) is 0.551. The first-order chi connectivity index (χ1) is 8.39. The number of nitrogens with zero attached hydrogens (tertiary/aromatic N) is 1. The molecule has 0 amide bonds. The summed E-state index contributed by atoms with van der Waals surface area (Å²) < 4.78 is 26.1. The molecule has 4 N–H and O–H groups in total. The molecule has 0 heterocycles. The largest absolute Gasteiger partial charge is 0.409 e. The van der Waals surface area contributed by atoms with Gasteiger partial charge in [0.2, 0.25) is 10.0 Å². The minimum atomic E-state index is -3.38. The van der Waals surface area contributed by atoms with Gasteiger partial charge in [0.25, 0.3) is 0 Å². The Labute approximate surface area is 109 Å². The van der Waals surface area contributed by atoms with E-state index in [0.717, 1.165) is 19.3 Å². The molecule has 1 fully saturated rings. The van der Waals surface area contributed by atoms with Crippen molar-refractivity contribution in [3.63, 3.8) is 0 Å². The predicted molar refractivity (Wildman–Crippen MR) is 71.0 cm³/mol. The van der Waals surface area contributed by atoms with Gasteiger partial charge in [-0.15, -0.1) is 0 Å². The summed E-state index contributed by atoms with van der Waals surface area (Å²) >= 11 is 0. The van der Waals surface area contributed by atoms with Gasteiger partial charge in [0.1, 0.15) is 0 Å². The normalized spacial score (nSPS) is 30.3. The van der Waals surface area contributed by atoms with Crippen molar-refractivity contribution in [2.75, 3.05) is 5.75 Å². The number of oxime groups is 1. The number of rotatable bonds is 5. The fourth-order valence-electron chi connectivity index (χ4n) is 2.45. The zero-order valence-corrected chi connectivity index (χ0v) is 11.8. The summed E-state index contributed by atoms with van der Waals surface area (Å²) in [6.07, 6.45) is 4.02. The molecule has 0 aromatic heterocycles. The lowest BCUT2D eigenvalue weighted by molar-refractivity contribution is 0.253. The molecule has 0 aromatic carbocycles. The van der Waals surface area contributed by atoms with Crippen molar-refractivity contribution >= 4 is 15.9 Å². The number of sulfonamides is 1. The molecule has 0 unspecified atom stereocenters. The van der Waals surface area contributed by atoms with Gasteiger partial charge in [-0.25, -0.2) is 13.1 Å². The summed E-state index contributed by atoms with van der Waals surface area (Å²) in [6.45, 7) is 3.69. The lowest BCUT2D eigenvalue weighted by atomic mass is 9.75. The molecule has 7 heteroatoms. The van der Waals surface area contributed by atoms with Crippen LogP contribution in [-0.4, -0.2) is 30.8 Å². The molecule has 0 radical (unpaired) electrons. The average molecular weight is 277 g/mol. The van der Waals surface area contributed by atoms with E-state index in [1.54, 1.807) is 6.92 Å². The van der Waals surface area contributed by atoms with Gasteiger partial charge in [-0.3, -0.25) is 0 Å². The highest BCUT2D eigenvalue weighted by molar-refractivity contribution is 7.89. The Morgan fingerprint density at radius 2 is 2.00 bits per heavy atom. The van der Waals surface area contributed by atoms with Crippen LogP contribution in [-0.2, 0) is 10.0 Å². The van der Waals surface area contributed by atoms with E-state index in [1.807, 2.05) is 0 Å². The van der Waals surface area contributed by atoms with Crippen LogP contribution in [0.1, 0.15) is 46.0 Å². The van der Waals surface area contributed by atoms with Gasteiger partial charge >= 0.3 is 0 Å². The molecule has 0 saturated heterocycles. The van der Waals surface area contributed by atoms with Crippen molar-refractivity contribution in [2.24, 2.45) is 16.8 Å². The molecule has 0 bridgehead atoms. The van der Waals surface area contributed by atoms with E-state index < -0.39 is 15.6 Å². The van der Waals surface area contributed by atoms with E-state index in [4.69, 9.17) is 10.9 Å². The zero-order chi connectivity index (χ0) is 13.8. The van der Waals surface area contributed by atoms with Gasteiger partial charge in [-0.2, -0.15) is 0 Å². The summed E-state index contributed by atoms with van der Waals surface area (Å²) in [7, 11) is -3.38. The number of hydrogen-bond acceptors (Lipinski definition) is 4. The van der Waals surface area contributed by atoms with E-state index in [-0.39, 0.29) is 11.6 Å². The fourth-order valence-corrected chi connectivity index (χ4v) is 3.50. The van der Waals surface area contributed by atoms with Crippen molar-refractivity contribution in [3.8, 4) is 0 Å². The van der Waals surface area contributed by atoms with Gasteiger partial charge in [-0.05, 0) is 38.5 Å². The highest BCUT2D eigenvalue weighted by Crippen LogP contribution is 2.34. The van der Waals surface area contributed by atoms with Crippen LogP contribution in [0.4, 0.5) is 0 Å². The molecule has 1 rings (SSSR count). The van der Waals surface area contributed by atoms with Gasteiger partial charge in [0.05, 0.1) is 11.3 Å². The van der Waals surface area contributed by atoms with Crippen LogP contribution in [0.15, 0.2) is 5.16 Å². The van der Waals surface area contributed by atoms with Gasteiger partial charge in [0, 0.05) is 0 Å². The third-order valence-corrected chi connectivity index (χ3v) is 5.33. The molecule has 106 valence electrons. The SMILES string of the molecule is CCC1CCC(NS(=O)(=O)CC)(/C(N)=N/O)CC1. The summed E-state index contributed by atoms with van der Waals surface area (Å²) in [5, 5.41) is 11.9.